The summed E-state index contributed by atoms with van der Waals surface area (Å²) in [5.41, 5.74) is 5.63. The van der Waals surface area contributed by atoms with E-state index < -0.39 is 29.6 Å². The lowest BCUT2D eigenvalue weighted by molar-refractivity contribution is -0.145. The quantitative estimate of drug-likeness (QED) is 0.769. The van der Waals surface area contributed by atoms with E-state index in [0.717, 1.165) is 0 Å². The van der Waals surface area contributed by atoms with Crippen LogP contribution in [0.3, 0.4) is 0 Å². The zero-order valence-electron chi connectivity index (χ0n) is 11.0. The van der Waals surface area contributed by atoms with E-state index in [0.29, 0.717) is 5.69 Å². The Bertz CT molecular complexity index is 559. The molecule has 0 aliphatic heterocycles. The monoisotopic (exact) mass is 298 g/mol. The van der Waals surface area contributed by atoms with Crippen LogP contribution in [0, 0.1) is 11.8 Å². The maximum atomic E-state index is 11.9. The van der Waals surface area contributed by atoms with E-state index in [1.54, 1.807) is 0 Å². The van der Waals surface area contributed by atoms with Crippen LogP contribution in [-0.2, 0) is 9.59 Å². The van der Waals surface area contributed by atoms with Crippen molar-refractivity contribution in [2.45, 2.75) is 13.8 Å². The molecule has 1 aromatic rings. The number of hydrogen-bond donors (Lipinski definition) is 3. The van der Waals surface area contributed by atoms with Crippen LogP contribution < -0.4 is 11.1 Å². The summed E-state index contributed by atoms with van der Waals surface area (Å²) in [5.74, 6) is -3.67. The first-order chi connectivity index (χ1) is 9.23. The number of rotatable bonds is 5. The molecule has 0 bridgehead atoms. The summed E-state index contributed by atoms with van der Waals surface area (Å²) in [6.45, 7) is 2.98. The lowest BCUT2D eigenvalue weighted by atomic mass is 9.95. The van der Waals surface area contributed by atoms with Crippen molar-refractivity contribution in [3.05, 3.63) is 28.8 Å². The average Bonchev–Trinajstić information content (AvgIpc) is 2.36. The first-order valence-corrected chi connectivity index (χ1v) is 6.25. The lowest BCUT2D eigenvalue weighted by Crippen LogP contribution is -2.30. The summed E-state index contributed by atoms with van der Waals surface area (Å²) in [6, 6.07) is 4.26. The predicted octanol–water partition coefficient (Wildman–Crippen LogP) is 1.73. The van der Waals surface area contributed by atoms with E-state index in [-0.39, 0.29) is 10.6 Å². The fourth-order valence-corrected chi connectivity index (χ4v) is 1.76. The highest BCUT2D eigenvalue weighted by atomic mass is 35.5. The minimum atomic E-state index is -1.05. The molecule has 0 fully saturated rings. The molecule has 20 heavy (non-hydrogen) atoms. The van der Waals surface area contributed by atoms with Gasteiger partial charge in [0.05, 0.1) is 16.5 Å². The van der Waals surface area contributed by atoms with Gasteiger partial charge in [0, 0.05) is 11.6 Å². The van der Waals surface area contributed by atoms with Crippen LogP contribution in [0.4, 0.5) is 5.69 Å². The topological polar surface area (TPSA) is 109 Å². The highest BCUT2D eigenvalue weighted by Crippen LogP contribution is 2.22. The number of carboxylic acid groups (broad SMARTS) is 1. The minimum Gasteiger partial charge on any atom is -0.481 e. The zero-order valence-corrected chi connectivity index (χ0v) is 11.8. The van der Waals surface area contributed by atoms with Gasteiger partial charge < -0.3 is 16.2 Å². The zero-order chi connectivity index (χ0) is 15.4. The van der Waals surface area contributed by atoms with Crippen molar-refractivity contribution in [3.8, 4) is 0 Å². The summed E-state index contributed by atoms with van der Waals surface area (Å²) in [7, 11) is 0. The van der Waals surface area contributed by atoms with E-state index in [9.17, 15) is 14.4 Å². The van der Waals surface area contributed by atoms with Gasteiger partial charge in [-0.2, -0.15) is 0 Å². The van der Waals surface area contributed by atoms with Gasteiger partial charge in [0.15, 0.2) is 0 Å². The molecule has 0 aliphatic rings. The summed E-state index contributed by atoms with van der Waals surface area (Å²) < 4.78 is 0. The van der Waals surface area contributed by atoms with Crippen LogP contribution >= 0.6 is 11.6 Å². The van der Waals surface area contributed by atoms with Crippen molar-refractivity contribution in [1.82, 2.24) is 0 Å². The second kappa shape index (κ2) is 6.38. The summed E-state index contributed by atoms with van der Waals surface area (Å²) >= 11 is 5.85. The molecule has 1 aromatic carbocycles. The molecule has 0 saturated carbocycles. The van der Waals surface area contributed by atoms with Crippen LogP contribution in [0.15, 0.2) is 18.2 Å². The molecule has 0 aromatic heterocycles. The lowest BCUT2D eigenvalue weighted by Gasteiger charge is -2.16. The van der Waals surface area contributed by atoms with Crippen LogP contribution in [0.2, 0.25) is 5.02 Å². The molecule has 0 radical (unpaired) electrons. The van der Waals surface area contributed by atoms with Crippen molar-refractivity contribution >= 4 is 35.1 Å². The Morgan fingerprint density at radius 1 is 1.25 bits per heavy atom. The highest BCUT2D eigenvalue weighted by molar-refractivity contribution is 6.34. The molecule has 108 valence electrons. The Morgan fingerprint density at radius 2 is 1.85 bits per heavy atom. The van der Waals surface area contributed by atoms with Crippen LogP contribution in [0.25, 0.3) is 0 Å². The molecule has 2 amide bonds. The molecule has 0 saturated heterocycles. The summed E-state index contributed by atoms with van der Waals surface area (Å²) in [5, 5.41) is 11.5. The van der Waals surface area contributed by atoms with Gasteiger partial charge in [0.2, 0.25) is 11.8 Å². The number of anilines is 1. The molecular formula is C13H15ClN2O4. The number of halogens is 1. The molecule has 2 atom stereocenters. The molecule has 0 spiro atoms. The third-order valence-electron chi connectivity index (χ3n) is 3.06. The second-order valence-corrected chi connectivity index (χ2v) is 4.87. The van der Waals surface area contributed by atoms with Crippen LogP contribution in [0.5, 0.6) is 0 Å². The molecule has 0 heterocycles. The number of carbonyl (C=O) groups excluding carboxylic acids is 2. The molecule has 0 aliphatic carbocycles. The van der Waals surface area contributed by atoms with Crippen molar-refractivity contribution in [2.24, 2.45) is 17.6 Å². The fraction of sp³-hybridized carbons (Fsp3) is 0.308. The maximum Gasteiger partial charge on any atom is 0.307 e. The summed E-state index contributed by atoms with van der Waals surface area (Å²) in [6.07, 6.45) is 0. The summed E-state index contributed by atoms with van der Waals surface area (Å²) in [4.78, 5) is 33.7. The van der Waals surface area contributed by atoms with E-state index in [2.05, 4.69) is 5.32 Å². The van der Waals surface area contributed by atoms with Gasteiger partial charge in [-0.1, -0.05) is 25.4 Å². The van der Waals surface area contributed by atoms with Crippen molar-refractivity contribution in [3.63, 3.8) is 0 Å². The molecule has 2 unspecified atom stereocenters. The van der Waals surface area contributed by atoms with Gasteiger partial charge in [0.1, 0.15) is 0 Å². The van der Waals surface area contributed by atoms with Crippen molar-refractivity contribution in [2.75, 3.05) is 5.32 Å². The Kier molecular flexibility index (Phi) is 5.10. The van der Waals surface area contributed by atoms with Gasteiger partial charge in [-0.05, 0) is 18.2 Å². The molecule has 7 heteroatoms. The Hall–Kier alpha value is -2.08. The van der Waals surface area contributed by atoms with E-state index >= 15 is 0 Å². The fourth-order valence-electron chi connectivity index (χ4n) is 1.49. The number of benzene rings is 1. The van der Waals surface area contributed by atoms with Crippen molar-refractivity contribution in [1.29, 1.82) is 0 Å². The molecular weight excluding hydrogens is 284 g/mol. The SMILES string of the molecule is CC(C(=O)O)C(C)C(=O)Nc1ccc(C(N)=O)c(Cl)c1. The van der Waals surface area contributed by atoms with Gasteiger partial charge in [-0.3, -0.25) is 14.4 Å². The number of primary amides is 1. The van der Waals surface area contributed by atoms with E-state index in [1.807, 2.05) is 0 Å². The highest BCUT2D eigenvalue weighted by Gasteiger charge is 2.25. The minimum absolute atomic E-state index is 0.120. The predicted molar refractivity (Wildman–Crippen MR) is 74.6 cm³/mol. The third-order valence-corrected chi connectivity index (χ3v) is 3.37. The van der Waals surface area contributed by atoms with Crippen molar-refractivity contribution < 1.29 is 19.5 Å². The van der Waals surface area contributed by atoms with Gasteiger partial charge in [0.25, 0.3) is 0 Å². The van der Waals surface area contributed by atoms with Crippen LogP contribution in [0.1, 0.15) is 24.2 Å². The number of nitrogens with one attached hydrogen (secondary N) is 1. The number of nitrogens with two attached hydrogens (primary N) is 1. The molecule has 4 N–H and O–H groups in total. The van der Waals surface area contributed by atoms with E-state index in [1.165, 1.54) is 32.0 Å². The standard InChI is InChI=1S/C13H15ClN2O4/c1-6(7(2)13(19)20)12(18)16-8-3-4-9(11(15)17)10(14)5-8/h3-7H,1-2H3,(H2,15,17)(H,16,18)(H,19,20). The van der Waals surface area contributed by atoms with Gasteiger partial charge in [-0.25, -0.2) is 0 Å². The number of carboxylic acids is 1. The number of hydrogen-bond acceptors (Lipinski definition) is 3. The maximum absolute atomic E-state index is 11.9. The Labute approximate surface area is 120 Å². The molecule has 6 nitrogen and oxygen atoms in total. The Morgan fingerprint density at radius 3 is 2.30 bits per heavy atom. The van der Waals surface area contributed by atoms with Crippen LogP contribution in [-0.4, -0.2) is 22.9 Å². The first kappa shape index (κ1) is 16.0. The van der Waals surface area contributed by atoms with Gasteiger partial charge >= 0.3 is 5.97 Å². The number of aliphatic carboxylic acids is 1. The number of amides is 2. The number of carbonyl (C=O) groups is 3. The van der Waals surface area contributed by atoms with E-state index in [4.69, 9.17) is 22.4 Å². The molecule has 1 rings (SSSR count). The largest absolute Gasteiger partial charge is 0.481 e. The average molecular weight is 299 g/mol. The smallest absolute Gasteiger partial charge is 0.307 e. The first-order valence-electron chi connectivity index (χ1n) is 5.87. The second-order valence-electron chi connectivity index (χ2n) is 4.46. The Balaban J connectivity index is 2.84. The normalized spacial score (nSPS) is 13.3. The third kappa shape index (κ3) is 3.71. The van der Waals surface area contributed by atoms with Gasteiger partial charge in [-0.15, -0.1) is 0 Å².